The first kappa shape index (κ1) is 33.1. The van der Waals surface area contributed by atoms with E-state index < -0.39 is 0 Å². The van der Waals surface area contributed by atoms with Crippen LogP contribution in [0.15, 0.2) is 206 Å². The molecule has 0 N–H and O–H groups in total. The van der Waals surface area contributed by atoms with Gasteiger partial charge >= 0.3 is 0 Å². The summed E-state index contributed by atoms with van der Waals surface area (Å²) in [6.45, 7) is 0. The number of benzene rings is 11. The van der Waals surface area contributed by atoms with Gasteiger partial charge in [-0.1, -0.05) is 170 Å². The molecule has 0 fully saturated rings. The zero-order chi connectivity index (χ0) is 39.3. The second-order valence-corrected chi connectivity index (χ2v) is 16.0. The first-order chi connectivity index (χ1) is 29.8. The monoisotopic (exact) mass is 758 g/mol. The molecule has 2 aromatic heterocycles. The SMILES string of the molecule is c1ccc(-c2nc3cc4ccccc4cc3c3c2cc(-c2c4ccccc4c(-c4cc5cc6ccccc6nc5c5ccccc45)c4ccccc24)c2ccccc23)cc1. The van der Waals surface area contributed by atoms with E-state index in [1.54, 1.807) is 0 Å². The van der Waals surface area contributed by atoms with Gasteiger partial charge in [0, 0.05) is 37.9 Å². The van der Waals surface area contributed by atoms with Gasteiger partial charge in [0.1, 0.15) is 0 Å². The highest BCUT2D eigenvalue weighted by Gasteiger charge is 2.23. The third-order valence-corrected chi connectivity index (χ3v) is 12.7. The van der Waals surface area contributed by atoms with Gasteiger partial charge in [0.05, 0.1) is 22.2 Å². The maximum atomic E-state index is 5.51. The Bertz CT molecular complexity index is 3880. The standard InChI is InChI=1S/C58H34N2/c1-2-16-35(17-3-1)57-51-34-49(40-21-7-9-23-42(40)56(51)50-31-36-18-4-5-19-37(36)33-53(50)60-57)55-45-26-12-10-24-43(45)54(44-25-11-13-27-46(44)55)48-32-39-30-38-20-6-15-29-52(38)59-58(39)47-28-14-8-22-41(47)48/h1-34H. The molecule has 0 saturated heterocycles. The maximum absolute atomic E-state index is 5.51. The van der Waals surface area contributed by atoms with E-state index in [0.717, 1.165) is 49.4 Å². The van der Waals surface area contributed by atoms with Gasteiger partial charge in [-0.15, -0.1) is 0 Å². The van der Waals surface area contributed by atoms with Gasteiger partial charge < -0.3 is 0 Å². The summed E-state index contributed by atoms with van der Waals surface area (Å²) >= 11 is 0. The second kappa shape index (κ2) is 12.8. The van der Waals surface area contributed by atoms with Crippen molar-refractivity contribution in [2.75, 3.05) is 0 Å². The van der Waals surface area contributed by atoms with E-state index >= 15 is 0 Å². The summed E-state index contributed by atoms with van der Waals surface area (Å²) in [5.41, 5.74) is 10.0. The van der Waals surface area contributed by atoms with E-state index in [2.05, 4.69) is 206 Å². The molecule has 2 heteroatoms. The Labute approximate surface area is 345 Å². The molecule has 0 aliphatic rings. The Morgan fingerprint density at radius 1 is 0.267 bits per heavy atom. The highest BCUT2D eigenvalue weighted by atomic mass is 14.7. The van der Waals surface area contributed by atoms with Crippen LogP contribution < -0.4 is 0 Å². The van der Waals surface area contributed by atoms with E-state index in [9.17, 15) is 0 Å². The van der Waals surface area contributed by atoms with Gasteiger partial charge in [0.25, 0.3) is 0 Å². The van der Waals surface area contributed by atoms with Gasteiger partial charge in [0.2, 0.25) is 0 Å². The fraction of sp³-hybridized carbons (Fsp3) is 0. The third kappa shape index (κ3) is 4.82. The molecular weight excluding hydrogens is 725 g/mol. The molecule has 0 radical (unpaired) electrons. The molecule has 13 aromatic rings. The lowest BCUT2D eigenvalue weighted by atomic mass is 9.82. The fourth-order valence-corrected chi connectivity index (χ4v) is 10.1. The Kier molecular flexibility index (Phi) is 7.05. The highest BCUT2D eigenvalue weighted by Crippen LogP contribution is 2.50. The fourth-order valence-electron chi connectivity index (χ4n) is 10.1. The van der Waals surface area contributed by atoms with Crippen molar-refractivity contribution < 1.29 is 0 Å². The topological polar surface area (TPSA) is 25.8 Å². The van der Waals surface area contributed by atoms with Crippen molar-refractivity contribution in [1.29, 1.82) is 0 Å². The van der Waals surface area contributed by atoms with Crippen molar-refractivity contribution in [2.45, 2.75) is 0 Å². The number of para-hydroxylation sites is 1. The number of hydrogen-bond acceptors (Lipinski definition) is 2. The second-order valence-electron chi connectivity index (χ2n) is 16.0. The van der Waals surface area contributed by atoms with Crippen LogP contribution in [0, 0.1) is 0 Å². The molecule has 0 saturated carbocycles. The summed E-state index contributed by atoms with van der Waals surface area (Å²) in [5.74, 6) is 0. The van der Waals surface area contributed by atoms with Crippen LogP contribution in [0.25, 0.3) is 131 Å². The molecule has 2 nitrogen and oxygen atoms in total. The quantitative estimate of drug-likeness (QED) is 0.132. The molecule has 0 spiro atoms. The number of fused-ring (bicyclic) bond motifs is 12. The minimum Gasteiger partial charge on any atom is -0.247 e. The van der Waals surface area contributed by atoms with E-state index in [1.165, 1.54) is 81.5 Å². The number of nitrogens with zero attached hydrogens (tertiary/aromatic N) is 2. The molecule has 0 unspecified atom stereocenters. The minimum absolute atomic E-state index is 0.995. The van der Waals surface area contributed by atoms with Crippen LogP contribution in [-0.2, 0) is 0 Å². The zero-order valence-corrected chi connectivity index (χ0v) is 32.5. The van der Waals surface area contributed by atoms with Crippen LogP contribution in [0.5, 0.6) is 0 Å². The van der Waals surface area contributed by atoms with Crippen LogP contribution in [-0.4, -0.2) is 9.97 Å². The van der Waals surface area contributed by atoms with Crippen LogP contribution in [0.1, 0.15) is 0 Å². The summed E-state index contributed by atoms with van der Waals surface area (Å²) in [6.07, 6.45) is 0. The van der Waals surface area contributed by atoms with Crippen molar-refractivity contribution >= 4 is 97.3 Å². The van der Waals surface area contributed by atoms with Gasteiger partial charge in [0.15, 0.2) is 0 Å². The largest absolute Gasteiger partial charge is 0.247 e. The average molecular weight is 759 g/mol. The van der Waals surface area contributed by atoms with Gasteiger partial charge in [-0.25, -0.2) is 9.97 Å². The normalized spacial score (nSPS) is 12.0. The molecule has 13 rings (SSSR count). The van der Waals surface area contributed by atoms with Crippen molar-refractivity contribution in [3.63, 3.8) is 0 Å². The van der Waals surface area contributed by atoms with E-state index in [0.29, 0.717) is 0 Å². The Morgan fingerprint density at radius 3 is 1.43 bits per heavy atom. The third-order valence-electron chi connectivity index (χ3n) is 12.7. The summed E-state index contributed by atoms with van der Waals surface area (Å²) in [4.78, 5) is 10.7. The van der Waals surface area contributed by atoms with Crippen molar-refractivity contribution in [3.8, 4) is 33.5 Å². The number of rotatable bonds is 3. The van der Waals surface area contributed by atoms with Crippen LogP contribution in [0.3, 0.4) is 0 Å². The zero-order valence-electron chi connectivity index (χ0n) is 32.5. The predicted octanol–water partition coefficient (Wildman–Crippen LogP) is 15.9. The van der Waals surface area contributed by atoms with E-state index in [1.807, 2.05) is 0 Å². The summed E-state index contributed by atoms with van der Waals surface area (Å²) < 4.78 is 0. The first-order valence-electron chi connectivity index (χ1n) is 20.7. The summed E-state index contributed by atoms with van der Waals surface area (Å²) in [5, 5.41) is 17.9. The molecule has 11 aromatic carbocycles. The number of hydrogen-bond donors (Lipinski definition) is 0. The van der Waals surface area contributed by atoms with Crippen molar-refractivity contribution in [2.24, 2.45) is 0 Å². The Hall–Kier alpha value is -7.94. The first-order valence-corrected chi connectivity index (χ1v) is 20.7. The number of pyridine rings is 2. The number of aromatic nitrogens is 2. The Morgan fingerprint density at radius 2 is 0.767 bits per heavy atom. The van der Waals surface area contributed by atoms with E-state index in [-0.39, 0.29) is 0 Å². The lowest BCUT2D eigenvalue weighted by molar-refractivity contribution is 1.43. The lowest BCUT2D eigenvalue weighted by Crippen LogP contribution is -1.95. The molecule has 0 aliphatic carbocycles. The summed E-state index contributed by atoms with van der Waals surface area (Å²) in [7, 11) is 0. The molecule has 276 valence electrons. The van der Waals surface area contributed by atoms with Gasteiger partial charge in [-0.3, -0.25) is 0 Å². The molecule has 0 amide bonds. The van der Waals surface area contributed by atoms with Crippen molar-refractivity contribution in [1.82, 2.24) is 9.97 Å². The molecule has 60 heavy (non-hydrogen) atoms. The highest BCUT2D eigenvalue weighted by molar-refractivity contribution is 6.31. The molecular formula is C58H34N2. The van der Waals surface area contributed by atoms with Crippen molar-refractivity contribution in [3.05, 3.63) is 206 Å². The average Bonchev–Trinajstić information content (AvgIpc) is 3.31. The van der Waals surface area contributed by atoms with Crippen LogP contribution in [0.4, 0.5) is 0 Å². The van der Waals surface area contributed by atoms with Gasteiger partial charge in [-0.2, -0.15) is 0 Å². The smallest absolute Gasteiger partial charge is 0.0788 e. The maximum Gasteiger partial charge on any atom is 0.0788 e. The molecule has 0 atom stereocenters. The van der Waals surface area contributed by atoms with E-state index in [4.69, 9.17) is 9.97 Å². The molecule has 2 heterocycles. The van der Waals surface area contributed by atoms with Crippen LogP contribution in [0.2, 0.25) is 0 Å². The minimum atomic E-state index is 0.995. The predicted molar refractivity (Wildman–Crippen MR) is 256 cm³/mol. The van der Waals surface area contributed by atoms with Gasteiger partial charge in [-0.05, 0) is 107 Å². The summed E-state index contributed by atoms with van der Waals surface area (Å²) in [6, 6.07) is 75.3. The molecule has 0 aliphatic heterocycles. The van der Waals surface area contributed by atoms with Crippen LogP contribution >= 0.6 is 0 Å². The lowest BCUT2D eigenvalue weighted by Gasteiger charge is -2.21. The Balaban J connectivity index is 1.18. The molecule has 0 bridgehead atoms.